The van der Waals surface area contributed by atoms with Crippen LogP contribution in [-0.4, -0.2) is 27.2 Å². The number of nitrogens with one attached hydrogen (secondary N) is 3. The van der Waals surface area contributed by atoms with Gasteiger partial charge in [0.25, 0.3) is 11.8 Å². The lowest BCUT2D eigenvalue weighted by atomic mass is 10.2. The summed E-state index contributed by atoms with van der Waals surface area (Å²) < 4.78 is 0. The van der Waals surface area contributed by atoms with Crippen molar-refractivity contribution in [1.82, 2.24) is 15.9 Å². The molecular formula is C6H7N3O4. The fraction of sp³-hybridized carbons (Fsp3) is 0. The molecule has 1 aromatic heterocycles. The van der Waals surface area contributed by atoms with Gasteiger partial charge in [-0.05, 0) is 6.07 Å². The summed E-state index contributed by atoms with van der Waals surface area (Å²) in [6.07, 6.45) is 1.33. The van der Waals surface area contributed by atoms with E-state index < -0.39 is 11.8 Å². The molecule has 1 heterocycles. The molecule has 0 aromatic carbocycles. The monoisotopic (exact) mass is 185 g/mol. The minimum atomic E-state index is -0.858. The van der Waals surface area contributed by atoms with Gasteiger partial charge in [0.15, 0.2) is 0 Å². The molecule has 7 nitrogen and oxygen atoms in total. The van der Waals surface area contributed by atoms with Crippen LogP contribution in [0.2, 0.25) is 0 Å². The van der Waals surface area contributed by atoms with Crippen LogP contribution in [0, 0.1) is 0 Å². The Morgan fingerprint density at radius 2 is 1.85 bits per heavy atom. The minimum Gasteiger partial charge on any atom is -0.356 e. The molecule has 0 spiro atoms. The number of aromatic nitrogens is 1. The molecule has 13 heavy (non-hydrogen) atoms. The van der Waals surface area contributed by atoms with Crippen LogP contribution in [0.1, 0.15) is 20.8 Å². The maximum Gasteiger partial charge on any atom is 0.291 e. The Bertz CT molecular complexity index is 302. The van der Waals surface area contributed by atoms with E-state index >= 15 is 0 Å². The zero-order valence-corrected chi connectivity index (χ0v) is 6.37. The van der Waals surface area contributed by atoms with Gasteiger partial charge in [-0.3, -0.25) is 20.0 Å². The highest BCUT2D eigenvalue weighted by atomic mass is 16.5. The fourth-order valence-corrected chi connectivity index (χ4v) is 0.863. The van der Waals surface area contributed by atoms with Crippen LogP contribution in [-0.2, 0) is 0 Å². The second-order valence-electron chi connectivity index (χ2n) is 2.15. The first kappa shape index (κ1) is 9.23. The number of amides is 2. The summed E-state index contributed by atoms with van der Waals surface area (Å²) in [5, 5.41) is 16.5. The van der Waals surface area contributed by atoms with E-state index in [1.165, 1.54) is 23.2 Å². The molecule has 1 aromatic rings. The van der Waals surface area contributed by atoms with E-state index in [2.05, 4.69) is 4.98 Å². The highest BCUT2D eigenvalue weighted by Crippen LogP contribution is 2.05. The maximum atomic E-state index is 10.9. The summed E-state index contributed by atoms with van der Waals surface area (Å²) in [5.41, 5.74) is 2.53. The zero-order valence-electron chi connectivity index (χ0n) is 6.37. The number of rotatable bonds is 2. The molecule has 0 aliphatic carbocycles. The molecule has 0 fully saturated rings. The lowest BCUT2D eigenvalue weighted by Gasteiger charge is -1.99. The average molecular weight is 185 g/mol. The largest absolute Gasteiger partial charge is 0.356 e. The van der Waals surface area contributed by atoms with Gasteiger partial charge < -0.3 is 4.98 Å². The topological polar surface area (TPSA) is 114 Å². The molecule has 0 saturated heterocycles. The van der Waals surface area contributed by atoms with Gasteiger partial charge in [0.05, 0.1) is 5.56 Å². The second-order valence-corrected chi connectivity index (χ2v) is 2.15. The van der Waals surface area contributed by atoms with Gasteiger partial charge in [-0.15, -0.1) is 0 Å². The SMILES string of the molecule is O=C(NO)c1cc[nH]c1C(=O)NO. The number of aromatic amines is 1. The van der Waals surface area contributed by atoms with Crippen molar-refractivity contribution in [2.75, 3.05) is 0 Å². The maximum absolute atomic E-state index is 10.9. The van der Waals surface area contributed by atoms with E-state index in [1.807, 2.05) is 0 Å². The van der Waals surface area contributed by atoms with Crippen molar-refractivity contribution in [3.63, 3.8) is 0 Å². The third-order valence-electron chi connectivity index (χ3n) is 1.42. The van der Waals surface area contributed by atoms with Crippen molar-refractivity contribution in [3.8, 4) is 0 Å². The number of carbonyl (C=O) groups is 2. The van der Waals surface area contributed by atoms with Crippen molar-refractivity contribution >= 4 is 11.8 Å². The van der Waals surface area contributed by atoms with Crippen molar-refractivity contribution in [2.45, 2.75) is 0 Å². The Labute approximate surface area is 72.3 Å². The molecular weight excluding hydrogens is 178 g/mol. The summed E-state index contributed by atoms with van der Waals surface area (Å²) in [6.45, 7) is 0. The Kier molecular flexibility index (Phi) is 2.62. The third-order valence-corrected chi connectivity index (χ3v) is 1.42. The van der Waals surface area contributed by atoms with Crippen LogP contribution in [0.25, 0.3) is 0 Å². The molecule has 2 amide bonds. The molecule has 0 saturated carbocycles. The Morgan fingerprint density at radius 3 is 2.38 bits per heavy atom. The summed E-state index contributed by atoms with van der Waals surface area (Å²) in [4.78, 5) is 24.2. The van der Waals surface area contributed by atoms with Crippen molar-refractivity contribution < 1.29 is 20.0 Å². The second kappa shape index (κ2) is 3.70. The molecule has 0 radical (unpaired) electrons. The van der Waals surface area contributed by atoms with E-state index in [9.17, 15) is 9.59 Å². The van der Waals surface area contributed by atoms with Crippen molar-refractivity contribution in [3.05, 3.63) is 23.5 Å². The predicted octanol–water partition coefficient (Wildman–Crippen LogP) is -0.747. The third kappa shape index (κ3) is 1.66. The van der Waals surface area contributed by atoms with Crippen LogP contribution in [0.15, 0.2) is 12.3 Å². The minimum absolute atomic E-state index is 0.0611. The Hall–Kier alpha value is -1.86. The number of H-pyrrole nitrogens is 1. The summed E-state index contributed by atoms with van der Waals surface area (Å²) in [5.74, 6) is -1.69. The van der Waals surface area contributed by atoms with Crippen LogP contribution < -0.4 is 11.0 Å². The molecule has 0 unspecified atom stereocenters. The fourth-order valence-electron chi connectivity index (χ4n) is 0.863. The highest BCUT2D eigenvalue weighted by molar-refractivity contribution is 6.05. The quantitative estimate of drug-likeness (QED) is 0.308. The number of hydroxylamine groups is 2. The lowest BCUT2D eigenvalue weighted by Crippen LogP contribution is -2.25. The number of carbonyl (C=O) groups excluding carboxylic acids is 2. The molecule has 0 atom stereocenters. The van der Waals surface area contributed by atoms with Gasteiger partial charge in [-0.25, -0.2) is 11.0 Å². The molecule has 70 valence electrons. The molecule has 0 bridgehead atoms. The van der Waals surface area contributed by atoms with E-state index in [4.69, 9.17) is 10.4 Å². The first-order chi connectivity index (χ1) is 6.20. The molecule has 0 aliphatic heterocycles. The normalized spacial score (nSPS) is 9.38. The molecule has 1 rings (SSSR count). The smallest absolute Gasteiger partial charge is 0.291 e. The summed E-state index contributed by atoms with van der Waals surface area (Å²) in [6, 6.07) is 1.29. The standard InChI is InChI=1S/C6H7N3O4/c10-5(8-12)3-1-2-7-4(3)6(11)9-13/h1-2,7,12-13H,(H,8,10)(H,9,11). The van der Waals surface area contributed by atoms with Gasteiger partial charge in [-0.1, -0.05) is 0 Å². The van der Waals surface area contributed by atoms with E-state index in [1.54, 1.807) is 0 Å². The zero-order chi connectivity index (χ0) is 9.84. The summed E-state index contributed by atoms with van der Waals surface area (Å²) in [7, 11) is 0. The molecule has 7 heteroatoms. The van der Waals surface area contributed by atoms with Gasteiger partial charge in [0.1, 0.15) is 5.69 Å². The average Bonchev–Trinajstić information content (AvgIpc) is 2.63. The Balaban J connectivity index is 3.02. The molecule has 0 aliphatic rings. The van der Waals surface area contributed by atoms with Gasteiger partial charge in [-0.2, -0.15) is 0 Å². The first-order valence-electron chi connectivity index (χ1n) is 3.27. The van der Waals surface area contributed by atoms with E-state index in [0.717, 1.165) is 0 Å². The number of hydrogen-bond donors (Lipinski definition) is 5. The van der Waals surface area contributed by atoms with Gasteiger partial charge in [0.2, 0.25) is 0 Å². The first-order valence-corrected chi connectivity index (χ1v) is 3.27. The highest BCUT2D eigenvalue weighted by Gasteiger charge is 2.16. The predicted molar refractivity (Wildman–Crippen MR) is 39.3 cm³/mol. The Morgan fingerprint density at radius 1 is 1.23 bits per heavy atom. The van der Waals surface area contributed by atoms with E-state index in [0.29, 0.717) is 0 Å². The van der Waals surface area contributed by atoms with Crippen molar-refractivity contribution in [2.24, 2.45) is 0 Å². The van der Waals surface area contributed by atoms with Crippen LogP contribution in [0.5, 0.6) is 0 Å². The number of hydrogen-bond acceptors (Lipinski definition) is 4. The van der Waals surface area contributed by atoms with E-state index in [-0.39, 0.29) is 11.3 Å². The van der Waals surface area contributed by atoms with Gasteiger partial charge in [0, 0.05) is 6.20 Å². The summed E-state index contributed by atoms with van der Waals surface area (Å²) >= 11 is 0. The lowest BCUT2D eigenvalue weighted by molar-refractivity contribution is 0.0669. The van der Waals surface area contributed by atoms with Crippen molar-refractivity contribution in [1.29, 1.82) is 0 Å². The van der Waals surface area contributed by atoms with Gasteiger partial charge >= 0.3 is 0 Å². The molecule has 5 N–H and O–H groups in total. The van der Waals surface area contributed by atoms with Crippen LogP contribution in [0.3, 0.4) is 0 Å². The van der Waals surface area contributed by atoms with Crippen LogP contribution in [0.4, 0.5) is 0 Å². The van der Waals surface area contributed by atoms with Crippen LogP contribution >= 0.6 is 0 Å².